The highest BCUT2D eigenvalue weighted by Gasteiger charge is 2.71. The quantitative estimate of drug-likeness (QED) is 0.436. The van der Waals surface area contributed by atoms with Gasteiger partial charge in [-0.2, -0.15) is 0 Å². The van der Waals surface area contributed by atoms with E-state index in [1.807, 2.05) is 0 Å². The standard InChI is InChI=1S/C30H48O3/c1-18(2)19-10-15-30(25(32)33)17-16-28(6)20(24(19)30)8-9-22-27(5)13-12-23(31)26(3,4)21(27)11-14-29(22,28)7/h19-24,31H,1,8-17H2,2-7H3,(H,32,33)/t19?,20-,21-,22+,23?,24+,27+,28-,29-,30+/m1/s1. The summed E-state index contributed by atoms with van der Waals surface area (Å²) in [7, 11) is 0. The van der Waals surface area contributed by atoms with Crippen LogP contribution < -0.4 is 0 Å². The van der Waals surface area contributed by atoms with Crippen LogP contribution >= 0.6 is 0 Å². The number of rotatable bonds is 2. The van der Waals surface area contributed by atoms with Gasteiger partial charge in [0.15, 0.2) is 0 Å². The Kier molecular flexibility index (Phi) is 5.15. The largest absolute Gasteiger partial charge is 0.481 e. The van der Waals surface area contributed by atoms with Gasteiger partial charge in [-0.15, -0.1) is 0 Å². The molecule has 0 bridgehead atoms. The molecular formula is C30H48O3. The second-order valence-corrected chi connectivity index (χ2v) is 14.5. The third kappa shape index (κ3) is 2.75. The van der Waals surface area contributed by atoms with Crippen LogP contribution in [0.5, 0.6) is 0 Å². The van der Waals surface area contributed by atoms with E-state index >= 15 is 0 Å². The van der Waals surface area contributed by atoms with E-state index < -0.39 is 11.4 Å². The molecule has 0 aromatic rings. The maximum absolute atomic E-state index is 12.8. The van der Waals surface area contributed by atoms with E-state index in [1.54, 1.807) is 0 Å². The zero-order valence-corrected chi connectivity index (χ0v) is 22.0. The minimum atomic E-state index is -0.538. The Morgan fingerprint density at radius 1 is 0.818 bits per heavy atom. The van der Waals surface area contributed by atoms with Crippen LogP contribution in [0.15, 0.2) is 12.2 Å². The van der Waals surface area contributed by atoms with E-state index in [1.165, 1.54) is 31.3 Å². The van der Waals surface area contributed by atoms with Crippen LogP contribution in [0.2, 0.25) is 0 Å². The van der Waals surface area contributed by atoms with E-state index in [0.29, 0.717) is 23.7 Å². The molecule has 0 aromatic heterocycles. The van der Waals surface area contributed by atoms with Crippen LogP contribution in [0.1, 0.15) is 106 Å². The van der Waals surface area contributed by atoms with Gasteiger partial charge in [-0.05, 0) is 122 Å². The lowest BCUT2D eigenvalue weighted by Gasteiger charge is -2.72. The number of hydrogen-bond donors (Lipinski definition) is 2. The molecule has 2 N–H and O–H groups in total. The molecule has 10 atom stereocenters. The maximum Gasteiger partial charge on any atom is 0.309 e. The van der Waals surface area contributed by atoms with Gasteiger partial charge in [0.05, 0.1) is 11.5 Å². The summed E-state index contributed by atoms with van der Waals surface area (Å²) in [6, 6.07) is 0. The third-order valence-corrected chi connectivity index (χ3v) is 13.5. The van der Waals surface area contributed by atoms with Gasteiger partial charge >= 0.3 is 5.97 Å². The molecule has 0 heterocycles. The number of aliphatic hydroxyl groups is 1. The molecular weight excluding hydrogens is 408 g/mol. The topological polar surface area (TPSA) is 57.5 Å². The molecule has 3 nitrogen and oxygen atoms in total. The van der Waals surface area contributed by atoms with E-state index in [9.17, 15) is 15.0 Å². The Morgan fingerprint density at radius 3 is 2.15 bits per heavy atom. The number of carboxylic acids is 1. The molecule has 5 aliphatic carbocycles. The number of aliphatic hydroxyl groups excluding tert-OH is 1. The highest BCUT2D eigenvalue weighted by molar-refractivity contribution is 5.76. The summed E-state index contributed by atoms with van der Waals surface area (Å²) in [5.74, 6) is 1.79. The predicted octanol–water partition coefficient (Wildman–Crippen LogP) is 7.09. The van der Waals surface area contributed by atoms with Crippen molar-refractivity contribution in [1.29, 1.82) is 0 Å². The van der Waals surface area contributed by atoms with Gasteiger partial charge in [-0.25, -0.2) is 0 Å². The van der Waals surface area contributed by atoms with Crippen molar-refractivity contribution in [2.45, 2.75) is 112 Å². The lowest BCUT2D eigenvalue weighted by Crippen LogP contribution is -2.67. The average molecular weight is 457 g/mol. The van der Waals surface area contributed by atoms with Crippen molar-refractivity contribution in [2.24, 2.45) is 56.7 Å². The first-order valence-corrected chi connectivity index (χ1v) is 13.8. The van der Waals surface area contributed by atoms with Gasteiger partial charge in [0.2, 0.25) is 0 Å². The zero-order valence-electron chi connectivity index (χ0n) is 22.0. The third-order valence-electron chi connectivity index (χ3n) is 13.5. The Hall–Kier alpha value is -0.830. The summed E-state index contributed by atoms with van der Waals surface area (Å²) in [5, 5.41) is 21.4. The zero-order chi connectivity index (χ0) is 24.2. The molecule has 33 heavy (non-hydrogen) atoms. The van der Waals surface area contributed by atoms with Gasteiger partial charge in [0.25, 0.3) is 0 Å². The summed E-state index contributed by atoms with van der Waals surface area (Å²) in [6.45, 7) is 18.8. The van der Waals surface area contributed by atoms with E-state index in [2.05, 4.69) is 48.1 Å². The number of allylic oxidation sites excluding steroid dienone is 1. The number of aliphatic carboxylic acids is 1. The van der Waals surface area contributed by atoms with Gasteiger partial charge < -0.3 is 10.2 Å². The highest BCUT2D eigenvalue weighted by atomic mass is 16.4. The van der Waals surface area contributed by atoms with Crippen LogP contribution in [0.25, 0.3) is 0 Å². The Labute approximate surface area is 201 Å². The lowest BCUT2D eigenvalue weighted by atomic mass is 9.32. The second kappa shape index (κ2) is 7.11. The number of carboxylic acid groups (broad SMARTS) is 1. The fourth-order valence-corrected chi connectivity index (χ4v) is 11.5. The Balaban J connectivity index is 1.57. The smallest absolute Gasteiger partial charge is 0.309 e. The molecule has 2 unspecified atom stereocenters. The summed E-state index contributed by atoms with van der Waals surface area (Å²) >= 11 is 0. The van der Waals surface area contributed by atoms with E-state index in [-0.39, 0.29) is 33.7 Å². The fraction of sp³-hybridized carbons (Fsp3) is 0.900. The van der Waals surface area contributed by atoms with Crippen molar-refractivity contribution in [3.05, 3.63) is 12.2 Å². The van der Waals surface area contributed by atoms with E-state index in [0.717, 1.165) is 38.5 Å². The molecule has 5 saturated carbocycles. The SMILES string of the molecule is C=C(C)C1CC[C@]2(C(=O)O)CC[C@]3(C)[C@H](CC[C@H]4[C@@]5(C)CCC(O)C(C)(C)[C@H]5CC[C@]43C)[C@H]12. The first kappa shape index (κ1) is 23.9. The van der Waals surface area contributed by atoms with Crippen LogP contribution in [-0.4, -0.2) is 22.3 Å². The molecule has 0 spiro atoms. The van der Waals surface area contributed by atoms with Gasteiger partial charge in [0, 0.05) is 0 Å². The first-order chi connectivity index (χ1) is 15.3. The minimum Gasteiger partial charge on any atom is -0.481 e. The predicted molar refractivity (Wildman–Crippen MR) is 133 cm³/mol. The van der Waals surface area contributed by atoms with Crippen molar-refractivity contribution in [2.75, 3.05) is 0 Å². The summed E-state index contributed by atoms with van der Waals surface area (Å²) in [4.78, 5) is 12.8. The van der Waals surface area contributed by atoms with E-state index in [4.69, 9.17) is 0 Å². The Bertz CT molecular complexity index is 861. The number of fused-ring (bicyclic) bond motifs is 7. The summed E-state index contributed by atoms with van der Waals surface area (Å²) in [6.07, 6.45) is 10.5. The first-order valence-electron chi connectivity index (χ1n) is 13.8. The van der Waals surface area contributed by atoms with Gasteiger partial charge in [-0.3, -0.25) is 4.79 Å². The molecule has 3 heteroatoms. The highest BCUT2D eigenvalue weighted by Crippen LogP contribution is 2.77. The van der Waals surface area contributed by atoms with Crippen molar-refractivity contribution in [1.82, 2.24) is 0 Å². The Morgan fingerprint density at radius 2 is 1.52 bits per heavy atom. The summed E-state index contributed by atoms with van der Waals surface area (Å²) in [5.41, 5.74) is 1.35. The normalized spacial score (nSPS) is 55.0. The van der Waals surface area contributed by atoms with Crippen molar-refractivity contribution < 1.29 is 15.0 Å². The van der Waals surface area contributed by atoms with Gasteiger partial charge in [-0.1, -0.05) is 46.8 Å². The van der Waals surface area contributed by atoms with Crippen molar-refractivity contribution in [3.8, 4) is 0 Å². The van der Waals surface area contributed by atoms with Crippen LogP contribution in [0.3, 0.4) is 0 Å². The molecule has 0 amide bonds. The molecule has 5 rings (SSSR count). The second-order valence-electron chi connectivity index (χ2n) is 14.5. The molecule has 0 radical (unpaired) electrons. The van der Waals surface area contributed by atoms with Gasteiger partial charge in [0.1, 0.15) is 0 Å². The molecule has 186 valence electrons. The minimum absolute atomic E-state index is 0.0202. The fourth-order valence-electron chi connectivity index (χ4n) is 11.5. The van der Waals surface area contributed by atoms with Crippen molar-refractivity contribution in [3.63, 3.8) is 0 Å². The monoisotopic (exact) mass is 456 g/mol. The molecule has 0 aliphatic heterocycles. The number of hydrogen-bond acceptors (Lipinski definition) is 2. The molecule has 0 aromatic carbocycles. The average Bonchev–Trinajstić information content (AvgIpc) is 3.13. The summed E-state index contributed by atoms with van der Waals surface area (Å²) < 4.78 is 0. The van der Waals surface area contributed by atoms with Crippen LogP contribution in [0.4, 0.5) is 0 Å². The molecule has 5 aliphatic rings. The lowest BCUT2D eigenvalue weighted by molar-refractivity contribution is -0.248. The van der Waals surface area contributed by atoms with Crippen molar-refractivity contribution >= 4 is 5.97 Å². The van der Waals surface area contributed by atoms with Crippen LogP contribution in [-0.2, 0) is 4.79 Å². The molecule has 0 saturated heterocycles. The van der Waals surface area contributed by atoms with Crippen LogP contribution in [0, 0.1) is 56.7 Å². The number of carbonyl (C=O) groups is 1. The molecule has 5 fully saturated rings. The maximum atomic E-state index is 12.8.